The first kappa shape index (κ1) is 27.0. The highest BCUT2D eigenvalue weighted by molar-refractivity contribution is 5.90. The summed E-state index contributed by atoms with van der Waals surface area (Å²) in [5.41, 5.74) is 6.58. The minimum atomic E-state index is -4.46. The molecule has 0 saturated heterocycles. The molecule has 0 unspecified atom stereocenters. The normalized spacial score (nSPS) is 11.1. The van der Waals surface area contributed by atoms with Gasteiger partial charge in [0.25, 0.3) is 0 Å². The van der Waals surface area contributed by atoms with E-state index in [-0.39, 0.29) is 54.2 Å². The predicted octanol–water partition coefficient (Wildman–Crippen LogP) is 5.69. The van der Waals surface area contributed by atoms with Crippen molar-refractivity contribution < 1.29 is 32.2 Å². The number of aryl methyl sites for hydroxylation is 1. The first-order valence-corrected chi connectivity index (χ1v) is 11.4. The van der Waals surface area contributed by atoms with Crippen LogP contribution in [0.2, 0.25) is 0 Å². The highest BCUT2D eigenvalue weighted by Gasteiger charge is 2.30. The maximum absolute atomic E-state index is 12.9. The molecule has 0 atom stereocenters. The number of anilines is 1. The third-order valence-electron chi connectivity index (χ3n) is 5.59. The fourth-order valence-electron chi connectivity index (χ4n) is 3.68. The number of pyridine rings is 1. The van der Waals surface area contributed by atoms with E-state index in [1.165, 1.54) is 12.1 Å². The standard InChI is InChI=1S/C27H20F3N5O4/c1-15-21(34-25(39-15)17-3-7-18(8-4-17)27(28,29)30)14-38-26-20(13-31)22(23(33-2)24(32)35-26)16-5-9-19(10-6-16)37-12-11-36/h3-10,36H,11-12,14H2,1H3,(H2,32,35). The Morgan fingerprint density at radius 3 is 2.33 bits per heavy atom. The van der Waals surface area contributed by atoms with Gasteiger partial charge in [0.1, 0.15) is 47.9 Å². The minimum Gasteiger partial charge on any atom is -0.491 e. The van der Waals surface area contributed by atoms with Crippen LogP contribution in [-0.2, 0) is 12.8 Å². The molecule has 0 spiro atoms. The molecule has 0 fully saturated rings. The second-order valence-corrected chi connectivity index (χ2v) is 8.11. The molecule has 0 aliphatic carbocycles. The molecule has 0 radical (unpaired) electrons. The number of rotatable bonds is 8. The van der Waals surface area contributed by atoms with Gasteiger partial charge in [-0.2, -0.15) is 18.4 Å². The fraction of sp³-hybridized carbons (Fsp3) is 0.185. The lowest BCUT2D eigenvalue weighted by Crippen LogP contribution is -2.05. The third-order valence-corrected chi connectivity index (χ3v) is 5.59. The van der Waals surface area contributed by atoms with Gasteiger partial charge in [0, 0.05) is 11.1 Å². The number of aliphatic hydroxyl groups excluding tert-OH is 1. The van der Waals surface area contributed by atoms with Gasteiger partial charge in [-0.15, -0.1) is 0 Å². The van der Waals surface area contributed by atoms with Gasteiger partial charge in [-0.3, -0.25) is 0 Å². The molecule has 39 heavy (non-hydrogen) atoms. The van der Waals surface area contributed by atoms with Gasteiger partial charge in [0.2, 0.25) is 17.5 Å². The number of ether oxygens (including phenoxy) is 2. The highest BCUT2D eigenvalue weighted by atomic mass is 19.4. The first-order valence-electron chi connectivity index (χ1n) is 11.4. The van der Waals surface area contributed by atoms with Crippen molar-refractivity contribution in [2.75, 3.05) is 18.9 Å². The zero-order valence-corrected chi connectivity index (χ0v) is 20.4. The largest absolute Gasteiger partial charge is 0.491 e. The van der Waals surface area contributed by atoms with Crippen molar-refractivity contribution in [1.82, 2.24) is 9.97 Å². The molecule has 2 heterocycles. The van der Waals surface area contributed by atoms with Crippen LogP contribution in [0, 0.1) is 24.8 Å². The SMILES string of the molecule is [C-]#[N+]c1c(N)nc(OCc2nc(-c3ccc(C(F)(F)F)cc3)oc2C)c(C#N)c1-c1ccc(OCCO)cc1. The number of alkyl halides is 3. The number of oxazole rings is 1. The minimum absolute atomic E-state index is 0.0230. The lowest BCUT2D eigenvalue weighted by Gasteiger charge is -2.14. The van der Waals surface area contributed by atoms with Crippen molar-refractivity contribution in [3.05, 3.63) is 82.5 Å². The van der Waals surface area contributed by atoms with Crippen molar-refractivity contribution >= 4 is 11.5 Å². The van der Waals surface area contributed by atoms with Crippen molar-refractivity contribution in [2.45, 2.75) is 19.7 Å². The van der Waals surface area contributed by atoms with Crippen molar-refractivity contribution in [1.29, 1.82) is 5.26 Å². The molecule has 4 rings (SSSR count). The number of benzene rings is 2. The molecule has 2 aromatic carbocycles. The number of halogens is 3. The average Bonchev–Trinajstić information content (AvgIpc) is 3.30. The van der Waals surface area contributed by atoms with Gasteiger partial charge >= 0.3 is 6.18 Å². The Bertz CT molecular complexity index is 1570. The van der Waals surface area contributed by atoms with Crippen molar-refractivity contribution in [2.24, 2.45) is 0 Å². The summed E-state index contributed by atoms with van der Waals surface area (Å²) in [5.74, 6) is 0.668. The van der Waals surface area contributed by atoms with Gasteiger partial charge in [0.15, 0.2) is 0 Å². The number of hydrogen-bond donors (Lipinski definition) is 2. The Morgan fingerprint density at radius 2 is 1.74 bits per heavy atom. The summed E-state index contributed by atoms with van der Waals surface area (Å²) in [6.45, 7) is 8.94. The molecular formula is C27H20F3N5O4. The van der Waals surface area contributed by atoms with E-state index in [1.807, 2.05) is 6.07 Å². The Kier molecular flexibility index (Phi) is 7.70. The van der Waals surface area contributed by atoms with Crippen LogP contribution in [0.4, 0.5) is 24.7 Å². The van der Waals surface area contributed by atoms with E-state index >= 15 is 0 Å². The fourth-order valence-corrected chi connectivity index (χ4v) is 3.68. The maximum Gasteiger partial charge on any atom is 0.416 e. The van der Waals surface area contributed by atoms with Crippen LogP contribution < -0.4 is 15.2 Å². The number of hydrogen-bond acceptors (Lipinski definition) is 8. The van der Waals surface area contributed by atoms with E-state index in [4.69, 9.17) is 31.3 Å². The molecule has 2 aromatic heterocycles. The molecule has 4 aromatic rings. The molecule has 0 saturated carbocycles. The van der Waals surface area contributed by atoms with Gasteiger partial charge in [-0.25, -0.2) is 14.8 Å². The summed E-state index contributed by atoms with van der Waals surface area (Å²) < 4.78 is 55.4. The van der Waals surface area contributed by atoms with Crippen LogP contribution in [0.3, 0.4) is 0 Å². The first-order chi connectivity index (χ1) is 18.7. The number of aliphatic hydroxyl groups is 1. The van der Waals surface area contributed by atoms with Gasteiger partial charge in [0.05, 0.1) is 18.7 Å². The molecule has 198 valence electrons. The van der Waals surface area contributed by atoms with E-state index in [2.05, 4.69) is 14.8 Å². The topological polar surface area (TPSA) is 132 Å². The summed E-state index contributed by atoms with van der Waals surface area (Å²) >= 11 is 0. The van der Waals surface area contributed by atoms with Crippen molar-refractivity contribution in [3.8, 4) is 40.3 Å². The van der Waals surface area contributed by atoms with E-state index in [0.29, 0.717) is 28.3 Å². The molecule has 0 aliphatic rings. The monoisotopic (exact) mass is 535 g/mol. The van der Waals surface area contributed by atoms with Gasteiger partial charge in [-0.1, -0.05) is 12.1 Å². The van der Waals surface area contributed by atoms with Crippen LogP contribution in [0.5, 0.6) is 11.6 Å². The summed E-state index contributed by atoms with van der Waals surface area (Å²) in [4.78, 5) is 11.9. The maximum atomic E-state index is 12.9. The quantitative estimate of drug-likeness (QED) is 0.275. The predicted molar refractivity (Wildman–Crippen MR) is 134 cm³/mol. The smallest absolute Gasteiger partial charge is 0.416 e. The molecule has 9 nitrogen and oxygen atoms in total. The molecule has 3 N–H and O–H groups in total. The molecule has 0 aliphatic heterocycles. The number of aromatic nitrogens is 2. The zero-order chi connectivity index (χ0) is 28.2. The lowest BCUT2D eigenvalue weighted by molar-refractivity contribution is -0.137. The second-order valence-electron chi connectivity index (χ2n) is 8.11. The van der Waals surface area contributed by atoms with Crippen molar-refractivity contribution in [3.63, 3.8) is 0 Å². The molecule has 0 bridgehead atoms. The third kappa shape index (κ3) is 5.76. The molecular weight excluding hydrogens is 515 g/mol. The number of nitrogens with two attached hydrogens (primary N) is 1. The number of nitriles is 1. The average molecular weight is 535 g/mol. The van der Waals surface area contributed by atoms with E-state index < -0.39 is 11.7 Å². The lowest BCUT2D eigenvalue weighted by atomic mass is 9.99. The van der Waals surface area contributed by atoms with E-state index in [9.17, 15) is 18.4 Å². The number of nitrogen functional groups attached to an aromatic ring is 1. The van der Waals surface area contributed by atoms with Crippen LogP contribution in [0.15, 0.2) is 52.9 Å². The van der Waals surface area contributed by atoms with Crippen LogP contribution in [-0.4, -0.2) is 28.3 Å². The molecule has 12 heteroatoms. The summed E-state index contributed by atoms with van der Waals surface area (Å²) in [7, 11) is 0. The zero-order valence-electron chi connectivity index (χ0n) is 20.4. The molecule has 0 amide bonds. The Labute approximate surface area is 220 Å². The second kappa shape index (κ2) is 11.1. The van der Waals surface area contributed by atoms with Crippen LogP contribution in [0.1, 0.15) is 22.6 Å². The Morgan fingerprint density at radius 1 is 1.08 bits per heavy atom. The summed E-state index contributed by atoms with van der Waals surface area (Å²) in [6, 6.07) is 12.9. The summed E-state index contributed by atoms with van der Waals surface area (Å²) in [5, 5.41) is 18.9. The summed E-state index contributed by atoms with van der Waals surface area (Å²) in [6.07, 6.45) is -4.46. The van der Waals surface area contributed by atoms with Gasteiger partial charge < -0.3 is 24.7 Å². The number of nitrogens with zero attached hydrogens (tertiary/aromatic N) is 4. The van der Waals surface area contributed by atoms with Crippen LogP contribution >= 0.6 is 0 Å². The highest BCUT2D eigenvalue weighted by Crippen LogP contribution is 2.41. The van der Waals surface area contributed by atoms with Gasteiger partial charge in [-0.05, 0) is 48.9 Å². The van der Waals surface area contributed by atoms with E-state index in [0.717, 1.165) is 12.1 Å². The Hall–Kier alpha value is -5.07. The van der Waals surface area contributed by atoms with Crippen LogP contribution in [0.25, 0.3) is 27.4 Å². The Balaban J connectivity index is 1.63. The van der Waals surface area contributed by atoms with E-state index in [1.54, 1.807) is 31.2 Å².